The van der Waals surface area contributed by atoms with Crippen LogP contribution in [0.1, 0.15) is 32.5 Å². The second kappa shape index (κ2) is 5.62. The Morgan fingerprint density at radius 2 is 2.00 bits per heavy atom. The van der Waals surface area contributed by atoms with Gasteiger partial charge >= 0.3 is 5.97 Å². The maximum Gasteiger partial charge on any atom is 0.336 e. The molecule has 0 spiro atoms. The van der Waals surface area contributed by atoms with Gasteiger partial charge in [-0.15, -0.1) is 11.3 Å². The highest BCUT2D eigenvalue weighted by molar-refractivity contribution is 7.15. The molecule has 0 aliphatic rings. The number of carbonyl (C=O) groups is 2. The molecule has 6 heteroatoms. The Bertz CT molecular complexity index is 622. The van der Waals surface area contributed by atoms with Crippen molar-refractivity contribution in [2.45, 2.75) is 13.3 Å². The summed E-state index contributed by atoms with van der Waals surface area (Å²) in [7, 11) is 0. The first-order valence-corrected chi connectivity index (χ1v) is 6.52. The molecule has 0 atom stereocenters. The Morgan fingerprint density at radius 3 is 2.58 bits per heavy atom. The number of nitrogens with zero attached hydrogens (tertiary/aromatic N) is 1. The van der Waals surface area contributed by atoms with Crippen molar-refractivity contribution in [3.8, 4) is 0 Å². The number of anilines is 1. The van der Waals surface area contributed by atoms with Crippen LogP contribution < -0.4 is 5.32 Å². The van der Waals surface area contributed by atoms with Gasteiger partial charge in [-0.3, -0.25) is 10.1 Å². The quantitative estimate of drug-likeness (QED) is 0.899. The molecule has 0 aliphatic heterocycles. The van der Waals surface area contributed by atoms with Crippen molar-refractivity contribution in [2.24, 2.45) is 0 Å². The van der Waals surface area contributed by atoms with Crippen molar-refractivity contribution in [3.63, 3.8) is 0 Å². The van der Waals surface area contributed by atoms with E-state index >= 15 is 0 Å². The van der Waals surface area contributed by atoms with Crippen LogP contribution >= 0.6 is 11.3 Å². The second-order valence-corrected chi connectivity index (χ2v) is 4.91. The highest BCUT2D eigenvalue weighted by atomic mass is 32.1. The molecule has 5 nitrogen and oxygen atoms in total. The highest BCUT2D eigenvalue weighted by Gasteiger charge is 2.16. The molecule has 0 aliphatic carbocycles. The molecule has 2 N–H and O–H groups in total. The van der Waals surface area contributed by atoms with Gasteiger partial charge in [0.1, 0.15) is 0 Å². The molecule has 0 saturated carbocycles. The standard InChI is InChI=1S/C13H12N2O3S/c1-2-8-7-14-13(19-8)15-11(16)9-5-3-4-6-10(9)12(17)18/h3-7H,2H2,1H3,(H,17,18)(H,14,15,16). The maximum absolute atomic E-state index is 12.0. The predicted octanol–water partition coefficient (Wildman–Crippen LogP) is 2.66. The molecule has 1 amide bonds. The number of nitrogens with one attached hydrogen (secondary N) is 1. The van der Waals surface area contributed by atoms with Crippen LogP contribution in [-0.2, 0) is 6.42 Å². The SMILES string of the molecule is CCc1cnc(NC(=O)c2ccccc2C(=O)O)s1. The average molecular weight is 276 g/mol. The predicted molar refractivity (Wildman–Crippen MR) is 72.8 cm³/mol. The average Bonchev–Trinajstić information content (AvgIpc) is 2.86. The van der Waals surface area contributed by atoms with Gasteiger partial charge in [-0.25, -0.2) is 9.78 Å². The molecule has 1 aromatic carbocycles. The molecule has 1 aromatic heterocycles. The third kappa shape index (κ3) is 2.97. The van der Waals surface area contributed by atoms with Gasteiger partial charge in [-0.2, -0.15) is 0 Å². The highest BCUT2D eigenvalue weighted by Crippen LogP contribution is 2.19. The summed E-state index contributed by atoms with van der Waals surface area (Å²) in [6, 6.07) is 6.09. The zero-order valence-electron chi connectivity index (χ0n) is 10.2. The van der Waals surface area contributed by atoms with E-state index in [1.165, 1.54) is 23.5 Å². The number of carboxylic acid groups (broad SMARTS) is 1. The Balaban J connectivity index is 2.22. The summed E-state index contributed by atoms with van der Waals surface area (Å²) in [5.41, 5.74) is 0.107. The number of carbonyl (C=O) groups excluding carboxylic acids is 1. The molecule has 0 radical (unpaired) electrons. The molecule has 98 valence electrons. The zero-order valence-corrected chi connectivity index (χ0v) is 11.0. The summed E-state index contributed by atoms with van der Waals surface area (Å²) >= 11 is 1.38. The first-order valence-electron chi connectivity index (χ1n) is 5.70. The molecule has 0 bridgehead atoms. The smallest absolute Gasteiger partial charge is 0.336 e. The second-order valence-electron chi connectivity index (χ2n) is 3.79. The minimum atomic E-state index is -1.13. The summed E-state index contributed by atoms with van der Waals surface area (Å²) < 4.78 is 0. The molecule has 2 rings (SSSR count). The van der Waals surface area contributed by atoms with E-state index in [4.69, 9.17) is 5.11 Å². The fourth-order valence-corrected chi connectivity index (χ4v) is 2.31. The van der Waals surface area contributed by atoms with Crippen molar-refractivity contribution in [3.05, 3.63) is 46.5 Å². The van der Waals surface area contributed by atoms with Crippen molar-refractivity contribution >= 4 is 28.3 Å². The van der Waals surface area contributed by atoms with Gasteiger partial charge in [-0.1, -0.05) is 19.1 Å². The van der Waals surface area contributed by atoms with E-state index in [-0.39, 0.29) is 11.1 Å². The van der Waals surface area contributed by atoms with Crippen LogP contribution in [0.5, 0.6) is 0 Å². The Labute approximate surface area is 113 Å². The number of aromatic carboxylic acids is 1. The number of aromatic nitrogens is 1. The van der Waals surface area contributed by atoms with Gasteiger partial charge in [0.2, 0.25) is 0 Å². The van der Waals surface area contributed by atoms with E-state index in [0.29, 0.717) is 5.13 Å². The molecule has 2 aromatic rings. The number of aryl methyl sites for hydroxylation is 1. The Hall–Kier alpha value is -2.21. The van der Waals surface area contributed by atoms with E-state index in [0.717, 1.165) is 11.3 Å². The number of benzene rings is 1. The first kappa shape index (κ1) is 13.2. The van der Waals surface area contributed by atoms with Gasteiger partial charge in [-0.05, 0) is 18.6 Å². The van der Waals surface area contributed by atoms with Crippen LogP contribution in [0.4, 0.5) is 5.13 Å². The minimum Gasteiger partial charge on any atom is -0.478 e. The van der Waals surface area contributed by atoms with E-state index in [2.05, 4.69) is 10.3 Å². The number of carboxylic acids is 1. The third-order valence-electron chi connectivity index (χ3n) is 2.52. The summed E-state index contributed by atoms with van der Waals surface area (Å²) in [5.74, 6) is -1.59. The van der Waals surface area contributed by atoms with Gasteiger partial charge in [0.15, 0.2) is 5.13 Å². The van der Waals surface area contributed by atoms with E-state index in [1.54, 1.807) is 18.3 Å². The topological polar surface area (TPSA) is 79.3 Å². The van der Waals surface area contributed by atoms with Gasteiger partial charge in [0.05, 0.1) is 11.1 Å². The first-order chi connectivity index (χ1) is 9.11. The fraction of sp³-hybridized carbons (Fsp3) is 0.154. The zero-order chi connectivity index (χ0) is 13.8. The van der Waals surface area contributed by atoms with E-state index in [1.807, 2.05) is 6.92 Å². The number of hydrogen-bond acceptors (Lipinski definition) is 4. The molecule has 0 fully saturated rings. The minimum absolute atomic E-state index is 0.0210. The summed E-state index contributed by atoms with van der Waals surface area (Å²) in [5, 5.41) is 12.1. The molecule has 19 heavy (non-hydrogen) atoms. The van der Waals surface area contributed by atoms with Crippen LogP contribution in [0, 0.1) is 0 Å². The molecule has 0 saturated heterocycles. The largest absolute Gasteiger partial charge is 0.478 e. The molecular formula is C13H12N2O3S. The van der Waals surface area contributed by atoms with Gasteiger partial charge in [0.25, 0.3) is 5.91 Å². The van der Waals surface area contributed by atoms with Crippen molar-refractivity contribution < 1.29 is 14.7 Å². The number of thiazole rings is 1. The van der Waals surface area contributed by atoms with Crippen LogP contribution in [0.3, 0.4) is 0 Å². The summed E-state index contributed by atoms with van der Waals surface area (Å²) in [6.45, 7) is 2.00. The lowest BCUT2D eigenvalue weighted by molar-refractivity contribution is 0.0692. The van der Waals surface area contributed by atoms with Crippen LogP contribution in [-0.4, -0.2) is 22.0 Å². The van der Waals surface area contributed by atoms with Crippen LogP contribution in [0.15, 0.2) is 30.5 Å². The Morgan fingerprint density at radius 1 is 1.32 bits per heavy atom. The van der Waals surface area contributed by atoms with E-state index in [9.17, 15) is 9.59 Å². The van der Waals surface area contributed by atoms with Crippen molar-refractivity contribution in [1.82, 2.24) is 4.98 Å². The normalized spacial score (nSPS) is 10.2. The number of hydrogen-bond donors (Lipinski definition) is 2. The van der Waals surface area contributed by atoms with Crippen molar-refractivity contribution in [2.75, 3.05) is 5.32 Å². The fourth-order valence-electron chi connectivity index (χ4n) is 1.56. The lowest BCUT2D eigenvalue weighted by Gasteiger charge is -2.04. The van der Waals surface area contributed by atoms with Gasteiger partial charge < -0.3 is 5.11 Å². The third-order valence-corrected chi connectivity index (χ3v) is 3.58. The summed E-state index contributed by atoms with van der Waals surface area (Å²) in [6.07, 6.45) is 2.54. The number of rotatable bonds is 4. The molecule has 0 unspecified atom stereocenters. The maximum atomic E-state index is 12.0. The van der Waals surface area contributed by atoms with Crippen molar-refractivity contribution in [1.29, 1.82) is 0 Å². The molecular weight excluding hydrogens is 264 g/mol. The number of amides is 1. The van der Waals surface area contributed by atoms with Crippen LogP contribution in [0.2, 0.25) is 0 Å². The lowest BCUT2D eigenvalue weighted by atomic mass is 10.1. The van der Waals surface area contributed by atoms with Crippen LogP contribution in [0.25, 0.3) is 0 Å². The monoisotopic (exact) mass is 276 g/mol. The Kier molecular flexibility index (Phi) is 3.91. The molecule has 1 heterocycles. The lowest BCUT2D eigenvalue weighted by Crippen LogP contribution is -2.16. The van der Waals surface area contributed by atoms with E-state index < -0.39 is 11.9 Å². The van der Waals surface area contributed by atoms with Gasteiger partial charge in [0, 0.05) is 11.1 Å². The summed E-state index contributed by atoms with van der Waals surface area (Å²) in [4.78, 5) is 28.2.